The van der Waals surface area contributed by atoms with E-state index < -0.39 is 0 Å². The monoisotopic (exact) mass is 209 g/mol. The van der Waals surface area contributed by atoms with Crippen LogP contribution in [0.1, 0.15) is 18.9 Å². The average Bonchev–Trinajstić information content (AvgIpc) is 2.63. The van der Waals surface area contributed by atoms with Crippen molar-refractivity contribution in [3.05, 3.63) is 35.6 Å². The van der Waals surface area contributed by atoms with Gasteiger partial charge in [0.25, 0.3) is 0 Å². The fourth-order valence-electron chi connectivity index (χ4n) is 1.80. The van der Waals surface area contributed by atoms with Crippen molar-refractivity contribution in [2.75, 3.05) is 13.1 Å². The van der Waals surface area contributed by atoms with Crippen LogP contribution in [0.4, 0.5) is 4.39 Å². The van der Waals surface area contributed by atoms with E-state index in [1.165, 1.54) is 12.1 Å². The zero-order chi connectivity index (χ0) is 10.7. The van der Waals surface area contributed by atoms with E-state index in [4.69, 9.17) is 4.74 Å². The van der Waals surface area contributed by atoms with Gasteiger partial charge in [0.1, 0.15) is 5.82 Å². The number of benzene rings is 1. The van der Waals surface area contributed by atoms with Crippen LogP contribution in [0, 0.1) is 5.82 Å². The zero-order valence-corrected chi connectivity index (χ0v) is 8.92. The molecule has 0 radical (unpaired) electrons. The largest absolute Gasteiger partial charge is 0.369 e. The molecule has 1 heterocycles. The molecule has 0 saturated carbocycles. The first-order chi connectivity index (χ1) is 7.18. The van der Waals surface area contributed by atoms with Crippen LogP contribution in [0.3, 0.4) is 0 Å². The molecule has 0 aliphatic carbocycles. The highest BCUT2D eigenvalue weighted by molar-refractivity contribution is 5.15. The van der Waals surface area contributed by atoms with Crippen molar-refractivity contribution in [3.8, 4) is 0 Å². The molecule has 2 nitrogen and oxygen atoms in total. The molecule has 1 fully saturated rings. The Kier molecular flexibility index (Phi) is 3.03. The molecule has 1 aromatic rings. The molecular formula is C12H16FNO. The van der Waals surface area contributed by atoms with Crippen molar-refractivity contribution in [2.45, 2.75) is 25.6 Å². The Bertz CT molecular complexity index is 334. The first-order valence-electron chi connectivity index (χ1n) is 5.27. The molecule has 15 heavy (non-hydrogen) atoms. The van der Waals surface area contributed by atoms with Gasteiger partial charge in [-0.1, -0.05) is 12.1 Å². The highest BCUT2D eigenvalue weighted by atomic mass is 19.1. The van der Waals surface area contributed by atoms with E-state index in [0.29, 0.717) is 6.61 Å². The lowest BCUT2D eigenvalue weighted by molar-refractivity contribution is -0.0279. The SMILES string of the molecule is CC1(OCc2cccc(F)c2)CCNC1. The summed E-state index contributed by atoms with van der Waals surface area (Å²) in [5.74, 6) is -0.203. The minimum Gasteiger partial charge on any atom is -0.369 e. The van der Waals surface area contributed by atoms with Crippen LogP contribution in [-0.2, 0) is 11.3 Å². The normalized spacial score (nSPS) is 25.7. The predicted molar refractivity (Wildman–Crippen MR) is 57.1 cm³/mol. The average molecular weight is 209 g/mol. The van der Waals surface area contributed by atoms with Crippen LogP contribution in [0.25, 0.3) is 0 Å². The van der Waals surface area contributed by atoms with E-state index in [-0.39, 0.29) is 11.4 Å². The maximum absolute atomic E-state index is 12.9. The quantitative estimate of drug-likeness (QED) is 0.823. The van der Waals surface area contributed by atoms with Gasteiger partial charge in [-0.05, 0) is 37.6 Å². The first kappa shape index (κ1) is 10.6. The van der Waals surface area contributed by atoms with Gasteiger partial charge >= 0.3 is 0 Å². The number of ether oxygens (including phenoxy) is 1. The summed E-state index contributed by atoms with van der Waals surface area (Å²) in [5, 5.41) is 3.26. The van der Waals surface area contributed by atoms with Gasteiger partial charge < -0.3 is 10.1 Å². The van der Waals surface area contributed by atoms with E-state index in [1.54, 1.807) is 6.07 Å². The lowest BCUT2D eigenvalue weighted by Crippen LogP contribution is -2.30. The number of nitrogens with one attached hydrogen (secondary N) is 1. The minimum atomic E-state index is -0.203. The molecule has 0 spiro atoms. The second kappa shape index (κ2) is 4.29. The Balaban J connectivity index is 1.92. The molecule has 0 amide bonds. The van der Waals surface area contributed by atoms with E-state index in [0.717, 1.165) is 25.1 Å². The van der Waals surface area contributed by atoms with Crippen LogP contribution in [0.2, 0.25) is 0 Å². The molecular weight excluding hydrogens is 193 g/mol. The topological polar surface area (TPSA) is 21.3 Å². The van der Waals surface area contributed by atoms with Crippen molar-refractivity contribution in [1.82, 2.24) is 5.32 Å². The van der Waals surface area contributed by atoms with Crippen LogP contribution in [0.5, 0.6) is 0 Å². The fraction of sp³-hybridized carbons (Fsp3) is 0.500. The molecule has 1 aromatic carbocycles. The molecule has 1 atom stereocenters. The second-order valence-corrected chi connectivity index (χ2v) is 4.30. The summed E-state index contributed by atoms with van der Waals surface area (Å²) in [5.41, 5.74) is 0.801. The molecule has 2 rings (SSSR count). The lowest BCUT2D eigenvalue weighted by atomic mass is 10.1. The molecule has 1 aliphatic heterocycles. The van der Waals surface area contributed by atoms with E-state index in [9.17, 15) is 4.39 Å². The predicted octanol–water partition coefficient (Wildman–Crippen LogP) is 2.09. The Labute approximate surface area is 89.4 Å². The third-order valence-corrected chi connectivity index (χ3v) is 2.81. The Morgan fingerprint density at radius 1 is 1.53 bits per heavy atom. The minimum absolute atomic E-state index is 0.0910. The summed E-state index contributed by atoms with van der Waals surface area (Å²) in [4.78, 5) is 0. The highest BCUT2D eigenvalue weighted by Gasteiger charge is 2.29. The molecule has 0 aromatic heterocycles. The summed E-state index contributed by atoms with van der Waals surface area (Å²) < 4.78 is 18.7. The van der Waals surface area contributed by atoms with Crippen molar-refractivity contribution in [1.29, 1.82) is 0 Å². The second-order valence-electron chi connectivity index (χ2n) is 4.30. The van der Waals surface area contributed by atoms with Gasteiger partial charge in [0.05, 0.1) is 12.2 Å². The summed E-state index contributed by atoms with van der Waals surface area (Å²) in [7, 11) is 0. The number of hydrogen-bond acceptors (Lipinski definition) is 2. The molecule has 1 saturated heterocycles. The lowest BCUT2D eigenvalue weighted by Gasteiger charge is -2.23. The Morgan fingerprint density at radius 2 is 2.40 bits per heavy atom. The third-order valence-electron chi connectivity index (χ3n) is 2.81. The van der Waals surface area contributed by atoms with E-state index in [1.807, 2.05) is 6.07 Å². The molecule has 3 heteroatoms. The summed E-state index contributed by atoms with van der Waals surface area (Å²) in [6, 6.07) is 6.56. The van der Waals surface area contributed by atoms with Crippen molar-refractivity contribution < 1.29 is 9.13 Å². The Morgan fingerprint density at radius 3 is 3.07 bits per heavy atom. The van der Waals surface area contributed by atoms with Gasteiger partial charge in [-0.3, -0.25) is 0 Å². The fourth-order valence-corrected chi connectivity index (χ4v) is 1.80. The van der Waals surface area contributed by atoms with Crippen molar-refractivity contribution in [3.63, 3.8) is 0 Å². The smallest absolute Gasteiger partial charge is 0.123 e. The van der Waals surface area contributed by atoms with Crippen LogP contribution >= 0.6 is 0 Å². The standard InChI is InChI=1S/C12H16FNO/c1-12(5-6-14-9-12)15-8-10-3-2-4-11(13)7-10/h2-4,7,14H,5-6,8-9H2,1H3. The summed E-state index contributed by atoms with van der Waals surface area (Å²) >= 11 is 0. The Hall–Kier alpha value is -0.930. The van der Waals surface area contributed by atoms with Gasteiger partial charge in [0, 0.05) is 6.54 Å². The van der Waals surface area contributed by atoms with E-state index in [2.05, 4.69) is 12.2 Å². The molecule has 1 N–H and O–H groups in total. The number of hydrogen-bond donors (Lipinski definition) is 1. The maximum Gasteiger partial charge on any atom is 0.123 e. The first-order valence-corrected chi connectivity index (χ1v) is 5.27. The van der Waals surface area contributed by atoms with E-state index >= 15 is 0 Å². The van der Waals surface area contributed by atoms with Crippen LogP contribution in [-0.4, -0.2) is 18.7 Å². The van der Waals surface area contributed by atoms with Gasteiger partial charge in [0.2, 0.25) is 0 Å². The zero-order valence-electron chi connectivity index (χ0n) is 8.92. The summed E-state index contributed by atoms with van der Waals surface area (Å²) in [6.45, 7) is 4.45. The van der Waals surface area contributed by atoms with Crippen LogP contribution in [0.15, 0.2) is 24.3 Å². The van der Waals surface area contributed by atoms with Gasteiger partial charge in [-0.2, -0.15) is 0 Å². The third kappa shape index (κ3) is 2.76. The molecule has 1 unspecified atom stereocenters. The van der Waals surface area contributed by atoms with Gasteiger partial charge in [-0.25, -0.2) is 4.39 Å². The van der Waals surface area contributed by atoms with Gasteiger partial charge in [-0.15, -0.1) is 0 Å². The summed E-state index contributed by atoms with van der Waals surface area (Å²) in [6.07, 6.45) is 1.02. The van der Waals surface area contributed by atoms with Crippen molar-refractivity contribution in [2.24, 2.45) is 0 Å². The molecule has 1 aliphatic rings. The number of halogens is 1. The number of rotatable bonds is 3. The molecule has 0 bridgehead atoms. The van der Waals surface area contributed by atoms with Crippen LogP contribution < -0.4 is 5.32 Å². The van der Waals surface area contributed by atoms with Crippen molar-refractivity contribution >= 4 is 0 Å². The molecule has 82 valence electrons. The maximum atomic E-state index is 12.9. The van der Waals surface area contributed by atoms with Gasteiger partial charge in [0.15, 0.2) is 0 Å². The highest BCUT2D eigenvalue weighted by Crippen LogP contribution is 2.20.